The molecular formula is C28H41N3O3S. The molecular weight excluding hydrogens is 458 g/mol. The molecule has 0 radical (unpaired) electrons. The second-order valence-electron chi connectivity index (χ2n) is 9.88. The van der Waals surface area contributed by atoms with Gasteiger partial charge in [0.2, 0.25) is 10.0 Å². The van der Waals surface area contributed by atoms with Gasteiger partial charge in [0.15, 0.2) is 0 Å². The molecule has 3 rings (SSSR count). The topological polar surface area (TPSA) is 69.7 Å². The van der Waals surface area contributed by atoms with E-state index in [-0.39, 0.29) is 23.9 Å². The van der Waals surface area contributed by atoms with Crippen molar-refractivity contribution < 1.29 is 13.2 Å². The van der Waals surface area contributed by atoms with Crippen LogP contribution in [0.5, 0.6) is 0 Å². The van der Waals surface area contributed by atoms with Gasteiger partial charge < -0.3 is 5.32 Å². The maximum atomic E-state index is 13.2. The number of hydrogen-bond acceptors (Lipinski definition) is 5. The molecule has 192 valence electrons. The van der Waals surface area contributed by atoms with E-state index in [4.69, 9.17) is 0 Å². The van der Waals surface area contributed by atoms with Crippen LogP contribution in [0.3, 0.4) is 0 Å². The lowest BCUT2D eigenvalue weighted by Gasteiger charge is -2.40. The highest BCUT2D eigenvalue weighted by atomic mass is 32.2. The first-order valence-corrected chi connectivity index (χ1v) is 14.3. The molecule has 2 aromatic rings. The number of carbonyl (C=O) groups is 1. The first-order valence-electron chi connectivity index (χ1n) is 12.8. The fraction of sp³-hybridized carbons (Fsp3) is 0.536. The number of nitrogens with one attached hydrogen (secondary N) is 1. The van der Waals surface area contributed by atoms with Crippen molar-refractivity contribution in [1.29, 1.82) is 0 Å². The second-order valence-corrected chi connectivity index (χ2v) is 11.9. The third-order valence-corrected chi connectivity index (χ3v) is 8.93. The van der Waals surface area contributed by atoms with Crippen molar-refractivity contribution in [3.63, 3.8) is 0 Å². The molecule has 0 bridgehead atoms. The minimum atomic E-state index is -3.56. The van der Waals surface area contributed by atoms with E-state index < -0.39 is 10.0 Å². The Morgan fingerprint density at radius 2 is 1.71 bits per heavy atom. The Morgan fingerprint density at radius 1 is 1.09 bits per heavy atom. The fourth-order valence-corrected chi connectivity index (χ4v) is 6.29. The number of nitrogens with zero attached hydrogens (tertiary/aromatic N) is 2. The highest BCUT2D eigenvalue weighted by molar-refractivity contribution is 7.89. The molecule has 0 aromatic heterocycles. The van der Waals surface area contributed by atoms with Crippen molar-refractivity contribution >= 4 is 15.8 Å². The lowest BCUT2D eigenvalue weighted by Crippen LogP contribution is -2.52. The maximum Gasteiger partial charge on any atom is 0.242 e. The molecule has 35 heavy (non-hydrogen) atoms. The number of benzene rings is 2. The standard InChI is InChI=1S/C28H41N3O3S/c1-5-29-27-20-24(28(32)22(2)3)16-18-31(27)19-17-25(23-12-8-6-9-13-23)21-30(4)35(33,34)26-14-10-7-11-15-26/h6-15,22,24-25,27,29H,5,16-21H2,1-4H3/t24?,25-,27-/m0/s1. The molecule has 1 unspecified atom stereocenters. The predicted molar refractivity (Wildman–Crippen MR) is 142 cm³/mol. The molecule has 1 saturated heterocycles. The van der Waals surface area contributed by atoms with Crippen LogP contribution in [0.15, 0.2) is 65.6 Å². The van der Waals surface area contributed by atoms with E-state index in [9.17, 15) is 13.2 Å². The molecule has 0 aliphatic carbocycles. The summed E-state index contributed by atoms with van der Waals surface area (Å²) < 4.78 is 27.8. The quantitative estimate of drug-likeness (QED) is 0.470. The maximum absolute atomic E-state index is 13.2. The van der Waals surface area contributed by atoms with E-state index >= 15 is 0 Å². The summed E-state index contributed by atoms with van der Waals surface area (Å²) in [6.45, 7) is 9.06. The Morgan fingerprint density at radius 3 is 2.31 bits per heavy atom. The Kier molecular flexibility index (Phi) is 10.0. The average molecular weight is 500 g/mol. The molecule has 7 heteroatoms. The molecule has 0 amide bonds. The second kappa shape index (κ2) is 12.8. The number of ketones is 1. The van der Waals surface area contributed by atoms with E-state index in [1.165, 1.54) is 4.31 Å². The summed E-state index contributed by atoms with van der Waals surface area (Å²) in [5.74, 6) is 0.611. The van der Waals surface area contributed by atoms with Crippen LogP contribution in [0.4, 0.5) is 0 Å². The number of piperidine rings is 1. The lowest BCUT2D eigenvalue weighted by molar-refractivity contribution is -0.128. The van der Waals surface area contributed by atoms with Gasteiger partial charge in [0.1, 0.15) is 5.78 Å². The number of hydrogen-bond donors (Lipinski definition) is 1. The molecule has 1 aliphatic rings. The normalized spacial score (nSPS) is 20.3. The Balaban J connectivity index is 1.72. The summed E-state index contributed by atoms with van der Waals surface area (Å²) in [6, 6.07) is 18.8. The van der Waals surface area contributed by atoms with Crippen LogP contribution in [-0.2, 0) is 14.8 Å². The fourth-order valence-electron chi connectivity index (χ4n) is 5.05. The van der Waals surface area contributed by atoms with E-state index in [0.717, 1.165) is 44.5 Å². The first-order chi connectivity index (χ1) is 16.7. The number of carbonyl (C=O) groups excluding carboxylic acids is 1. The lowest BCUT2D eigenvalue weighted by atomic mass is 9.85. The number of likely N-dealkylation sites (tertiary alicyclic amines) is 1. The van der Waals surface area contributed by atoms with E-state index in [0.29, 0.717) is 17.2 Å². The molecule has 1 fully saturated rings. The zero-order chi connectivity index (χ0) is 25.4. The molecule has 0 saturated carbocycles. The van der Waals surface area contributed by atoms with Gasteiger partial charge in [0.05, 0.1) is 11.1 Å². The molecule has 6 nitrogen and oxygen atoms in total. The van der Waals surface area contributed by atoms with Crippen LogP contribution >= 0.6 is 0 Å². The first kappa shape index (κ1) is 27.5. The number of sulfonamides is 1. The monoisotopic (exact) mass is 499 g/mol. The highest BCUT2D eigenvalue weighted by Gasteiger charge is 2.33. The van der Waals surface area contributed by atoms with Crippen LogP contribution in [0, 0.1) is 11.8 Å². The molecule has 1 heterocycles. The molecule has 1 N–H and O–H groups in total. The van der Waals surface area contributed by atoms with E-state index in [1.807, 2.05) is 38.1 Å². The third kappa shape index (κ3) is 7.23. The largest absolute Gasteiger partial charge is 0.302 e. The van der Waals surface area contributed by atoms with Gasteiger partial charge in [0.25, 0.3) is 0 Å². The predicted octanol–water partition coefficient (Wildman–Crippen LogP) is 4.35. The summed E-state index contributed by atoms with van der Waals surface area (Å²) in [5.41, 5.74) is 1.15. The summed E-state index contributed by atoms with van der Waals surface area (Å²) in [6.07, 6.45) is 2.73. The minimum Gasteiger partial charge on any atom is -0.302 e. The number of likely N-dealkylation sites (N-methyl/N-ethyl adjacent to an activating group) is 1. The van der Waals surface area contributed by atoms with Crippen LogP contribution in [0.25, 0.3) is 0 Å². The van der Waals surface area contributed by atoms with Gasteiger partial charge in [-0.05, 0) is 49.4 Å². The van der Waals surface area contributed by atoms with Crippen LogP contribution < -0.4 is 5.32 Å². The average Bonchev–Trinajstić information content (AvgIpc) is 2.87. The Hall–Kier alpha value is -2.06. The third-order valence-electron chi connectivity index (χ3n) is 7.09. The highest BCUT2D eigenvalue weighted by Crippen LogP contribution is 2.28. The summed E-state index contributed by atoms with van der Waals surface area (Å²) in [5, 5.41) is 3.58. The van der Waals surface area contributed by atoms with Crippen molar-refractivity contribution in [2.75, 3.05) is 33.2 Å². The Labute approximate surface area is 211 Å². The van der Waals surface area contributed by atoms with Crippen LogP contribution in [0.2, 0.25) is 0 Å². The van der Waals surface area contributed by atoms with Gasteiger partial charge in [-0.2, -0.15) is 0 Å². The SMILES string of the molecule is CCN[C@@H]1CC(C(=O)C(C)C)CCN1CC[C@@H](CN(C)S(=O)(=O)c1ccccc1)c1ccccc1. The minimum absolute atomic E-state index is 0.0667. The molecule has 0 spiro atoms. The zero-order valence-electron chi connectivity index (χ0n) is 21.6. The van der Waals surface area contributed by atoms with Crippen molar-refractivity contribution in [3.8, 4) is 0 Å². The van der Waals surface area contributed by atoms with E-state index in [1.54, 1.807) is 31.3 Å². The smallest absolute Gasteiger partial charge is 0.242 e. The van der Waals surface area contributed by atoms with Crippen LogP contribution in [0.1, 0.15) is 51.5 Å². The summed E-state index contributed by atoms with van der Waals surface area (Å²) >= 11 is 0. The molecule has 2 aromatic carbocycles. The zero-order valence-corrected chi connectivity index (χ0v) is 22.4. The van der Waals surface area contributed by atoms with Crippen molar-refractivity contribution in [1.82, 2.24) is 14.5 Å². The molecule has 3 atom stereocenters. The van der Waals surface area contributed by atoms with Crippen molar-refractivity contribution in [2.24, 2.45) is 11.8 Å². The van der Waals surface area contributed by atoms with Gasteiger partial charge in [-0.3, -0.25) is 9.69 Å². The van der Waals surface area contributed by atoms with Gasteiger partial charge in [0, 0.05) is 38.5 Å². The van der Waals surface area contributed by atoms with Gasteiger partial charge in [-0.1, -0.05) is 69.3 Å². The van der Waals surface area contributed by atoms with Crippen molar-refractivity contribution in [3.05, 3.63) is 66.2 Å². The Bertz CT molecular complexity index is 1030. The number of rotatable bonds is 12. The van der Waals surface area contributed by atoms with Crippen LogP contribution in [-0.4, -0.2) is 62.8 Å². The van der Waals surface area contributed by atoms with Gasteiger partial charge in [-0.25, -0.2) is 12.7 Å². The molecule has 1 aliphatic heterocycles. The van der Waals surface area contributed by atoms with Gasteiger partial charge in [-0.15, -0.1) is 0 Å². The number of Topliss-reactive ketones (excluding diaryl/α,β-unsaturated/α-hetero) is 1. The van der Waals surface area contributed by atoms with E-state index in [2.05, 4.69) is 29.3 Å². The summed E-state index contributed by atoms with van der Waals surface area (Å²) in [4.78, 5) is 15.4. The summed E-state index contributed by atoms with van der Waals surface area (Å²) in [7, 11) is -1.89. The van der Waals surface area contributed by atoms with Gasteiger partial charge >= 0.3 is 0 Å². The van der Waals surface area contributed by atoms with Crippen molar-refractivity contribution in [2.45, 2.75) is 57.0 Å².